The Hall–Kier alpha value is -2.42. The van der Waals surface area contributed by atoms with E-state index in [1.54, 1.807) is 23.1 Å². The number of hydrogen-bond acceptors (Lipinski definition) is 5. The summed E-state index contributed by atoms with van der Waals surface area (Å²) < 4.78 is 1.74. The smallest absolute Gasteiger partial charge is 0.142 e. The van der Waals surface area contributed by atoms with Crippen molar-refractivity contribution >= 4 is 5.82 Å². The number of nitrogens with one attached hydrogen (secondary N) is 1. The Morgan fingerprint density at radius 2 is 2.41 bits per heavy atom. The van der Waals surface area contributed by atoms with Crippen LogP contribution in [0.2, 0.25) is 0 Å². The third-order valence-electron chi connectivity index (χ3n) is 2.19. The Labute approximate surface area is 98.9 Å². The molecule has 0 aliphatic carbocycles. The minimum Gasteiger partial charge on any atom is -0.366 e. The predicted molar refractivity (Wildman–Crippen MR) is 62.1 cm³/mol. The molecule has 17 heavy (non-hydrogen) atoms. The van der Waals surface area contributed by atoms with Crippen molar-refractivity contribution in [2.75, 3.05) is 5.32 Å². The quantitative estimate of drug-likeness (QED) is 0.845. The van der Waals surface area contributed by atoms with Crippen LogP contribution in [0.15, 0.2) is 30.9 Å². The van der Waals surface area contributed by atoms with E-state index in [0.29, 0.717) is 18.1 Å². The Kier molecular flexibility index (Phi) is 3.31. The van der Waals surface area contributed by atoms with Crippen LogP contribution in [0.25, 0.3) is 0 Å². The van der Waals surface area contributed by atoms with Crippen LogP contribution >= 0.6 is 0 Å². The maximum atomic E-state index is 8.74. The predicted octanol–water partition coefficient (Wildman–Crippen LogP) is 1.05. The van der Waals surface area contributed by atoms with Gasteiger partial charge in [-0.25, -0.2) is 9.97 Å². The fourth-order valence-electron chi connectivity index (χ4n) is 1.48. The molecule has 1 N–H and O–H groups in total. The maximum absolute atomic E-state index is 8.74. The summed E-state index contributed by atoms with van der Waals surface area (Å²) in [6.45, 7) is 2.71. The second-order valence-electron chi connectivity index (χ2n) is 3.68. The monoisotopic (exact) mass is 228 g/mol. The van der Waals surface area contributed by atoms with Crippen LogP contribution in [-0.2, 0) is 6.54 Å². The van der Waals surface area contributed by atoms with E-state index in [9.17, 15) is 0 Å². The first-order valence-corrected chi connectivity index (χ1v) is 5.24. The van der Waals surface area contributed by atoms with E-state index in [1.165, 1.54) is 6.33 Å². The van der Waals surface area contributed by atoms with Gasteiger partial charge < -0.3 is 5.32 Å². The van der Waals surface area contributed by atoms with E-state index in [4.69, 9.17) is 5.26 Å². The van der Waals surface area contributed by atoms with Gasteiger partial charge in [0.25, 0.3) is 0 Å². The zero-order valence-electron chi connectivity index (χ0n) is 9.41. The molecule has 0 bridgehead atoms. The second-order valence-corrected chi connectivity index (χ2v) is 3.68. The molecule has 2 heterocycles. The summed E-state index contributed by atoms with van der Waals surface area (Å²) in [5, 5.41) is 16.0. The highest BCUT2D eigenvalue weighted by Gasteiger charge is 2.04. The number of anilines is 1. The molecule has 0 amide bonds. The van der Waals surface area contributed by atoms with Crippen molar-refractivity contribution in [1.29, 1.82) is 5.26 Å². The highest BCUT2D eigenvalue weighted by atomic mass is 15.3. The molecule has 6 nitrogen and oxygen atoms in total. The topological polar surface area (TPSA) is 79.4 Å². The Morgan fingerprint density at radius 3 is 3.12 bits per heavy atom. The molecule has 0 aromatic carbocycles. The third-order valence-corrected chi connectivity index (χ3v) is 2.19. The van der Waals surface area contributed by atoms with Gasteiger partial charge in [0.15, 0.2) is 0 Å². The first kappa shape index (κ1) is 11.1. The van der Waals surface area contributed by atoms with Crippen molar-refractivity contribution in [1.82, 2.24) is 19.7 Å². The van der Waals surface area contributed by atoms with Gasteiger partial charge in [0, 0.05) is 6.04 Å². The summed E-state index contributed by atoms with van der Waals surface area (Å²) in [6, 6.07) is 7.47. The lowest BCUT2D eigenvalue weighted by Gasteiger charge is -2.14. The molecule has 0 radical (unpaired) electrons. The molecule has 2 aromatic rings. The number of aromatic nitrogens is 4. The van der Waals surface area contributed by atoms with Gasteiger partial charge in [0.2, 0.25) is 0 Å². The van der Waals surface area contributed by atoms with Gasteiger partial charge in [0.1, 0.15) is 30.2 Å². The van der Waals surface area contributed by atoms with Gasteiger partial charge in [-0.05, 0) is 19.1 Å². The number of pyridine rings is 1. The zero-order valence-corrected chi connectivity index (χ0v) is 9.41. The molecule has 2 aromatic heterocycles. The van der Waals surface area contributed by atoms with Gasteiger partial charge in [-0.3, -0.25) is 4.68 Å². The molecule has 0 saturated carbocycles. The van der Waals surface area contributed by atoms with Crippen molar-refractivity contribution in [3.05, 3.63) is 36.5 Å². The van der Waals surface area contributed by atoms with Crippen molar-refractivity contribution in [3.8, 4) is 6.07 Å². The Morgan fingerprint density at radius 1 is 1.53 bits per heavy atom. The summed E-state index contributed by atoms with van der Waals surface area (Å²) in [5.74, 6) is 0.691. The van der Waals surface area contributed by atoms with Crippen LogP contribution in [0.3, 0.4) is 0 Å². The van der Waals surface area contributed by atoms with E-state index in [-0.39, 0.29) is 6.04 Å². The molecular formula is C11H12N6. The van der Waals surface area contributed by atoms with E-state index < -0.39 is 0 Å². The summed E-state index contributed by atoms with van der Waals surface area (Å²) >= 11 is 0. The Bertz CT molecular complexity index is 513. The highest BCUT2D eigenvalue weighted by Crippen LogP contribution is 2.06. The van der Waals surface area contributed by atoms with Crippen molar-refractivity contribution in [2.24, 2.45) is 0 Å². The van der Waals surface area contributed by atoms with Crippen molar-refractivity contribution in [3.63, 3.8) is 0 Å². The van der Waals surface area contributed by atoms with Crippen molar-refractivity contribution < 1.29 is 0 Å². The minimum absolute atomic E-state index is 0.151. The van der Waals surface area contributed by atoms with Crippen LogP contribution in [-0.4, -0.2) is 25.8 Å². The first-order chi connectivity index (χ1) is 8.28. The third kappa shape index (κ3) is 3.01. The van der Waals surface area contributed by atoms with E-state index in [1.807, 2.05) is 19.1 Å². The molecule has 0 aliphatic heterocycles. The van der Waals surface area contributed by atoms with Crippen LogP contribution < -0.4 is 5.32 Å². The van der Waals surface area contributed by atoms with E-state index >= 15 is 0 Å². The number of rotatable bonds is 4. The van der Waals surface area contributed by atoms with Crippen LogP contribution in [0.4, 0.5) is 5.82 Å². The molecule has 2 rings (SSSR count). The lowest BCUT2D eigenvalue weighted by atomic mass is 10.3. The lowest BCUT2D eigenvalue weighted by molar-refractivity contribution is 0.558. The number of hydrogen-bond donors (Lipinski definition) is 1. The summed E-state index contributed by atoms with van der Waals surface area (Å²) in [7, 11) is 0. The van der Waals surface area contributed by atoms with E-state index in [2.05, 4.69) is 20.4 Å². The first-order valence-electron chi connectivity index (χ1n) is 5.24. The number of nitrogens with zero attached hydrogens (tertiary/aromatic N) is 5. The average molecular weight is 228 g/mol. The van der Waals surface area contributed by atoms with Gasteiger partial charge in [-0.1, -0.05) is 6.07 Å². The Balaban J connectivity index is 1.98. The number of nitriles is 1. The molecule has 6 heteroatoms. The molecule has 0 saturated heterocycles. The summed E-state index contributed by atoms with van der Waals surface area (Å²) in [6.07, 6.45) is 3.17. The molecule has 1 unspecified atom stereocenters. The maximum Gasteiger partial charge on any atom is 0.142 e. The van der Waals surface area contributed by atoms with Crippen LogP contribution in [0, 0.1) is 11.3 Å². The largest absolute Gasteiger partial charge is 0.366 e. The van der Waals surface area contributed by atoms with Crippen LogP contribution in [0.1, 0.15) is 12.6 Å². The SMILES string of the molecule is CC(Cn1cncn1)Nc1cccc(C#N)n1. The minimum atomic E-state index is 0.151. The van der Waals surface area contributed by atoms with Crippen molar-refractivity contribution in [2.45, 2.75) is 19.5 Å². The normalized spacial score (nSPS) is 11.8. The molecular weight excluding hydrogens is 216 g/mol. The lowest BCUT2D eigenvalue weighted by Crippen LogP contribution is -2.22. The molecule has 1 atom stereocenters. The summed E-state index contributed by atoms with van der Waals surface area (Å²) in [5.41, 5.74) is 0.406. The van der Waals surface area contributed by atoms with Gasteiger partial charge in [-0.15, -0.1) is 0 Å². The van der Waals surface area contributed by atoms with Gasteiger partial charge in [-0.2, -0.15) is 10.4 Å². The molecule has 86 valence electrons. The molecule has 0 fully saturated rings. The fourth-order valence-corrected chi connectivity index (χ4v) is 1.48. The highest BCUT2D eigenvalue weighted by molar-refractivity contribution is 5.38. The zero-order chi connectivity index (χ0) is 12.1. The molecule has 0 aliphatic rings. The summed E-state index contributed by atoms with van der Waals surface area (Å²) in [4.78, 5) is 8.02. The van der Waals surface area contributed by atoms with Crippen LogP contribution in [0.5, 0.6) is 0 Å². The van der Waals surface area contributed by atoms with Gasteiger partial charge >= 0.3 is 0 Å². The standard InChI is InChI=1S/C11H12N6/c1-9(6-17-8-13-7-14-17)15-11-4-2-3-10(5-12)16-11/h2-4,7-9H,6H2,1H3,(H,15,16). The second kappa shape index (κ2) is 5.07. The average Bonchev–Trinajstić information content (AvgIpc) is 2.82. The fraction of sp³-hybridized carbons (Fsp3) is 0.273. The van der Waals surface area contributed by atoms with E-state index in [0.717, 1.165) is 0 Å². The molecule has 0 spiro atoms. The van der Waals surface area contributed by atoms with Gasteiger partial charge in [0.05, 0.1) is 6.54 Å².